The van der Waals surface area contributed by atoms with E-state index in [0.29, 0.717) is 38.4 Å². The molecule has 14 rings (SSSR count). The number of nitrogens with zero attached hydrogens (tertiary/aromatic N) is 8. The number of nitrogens with one attached hydrogen (secondary N) is 5. The Kier molecular flexibility index (Phi) is 39.2. The van der Waals surface area contributed by atoms with E-state index in [1.165, 1.54) is 46.2 Å². The first-order valence-electron chi connectivity index (χ1n) is 54.7. The lowest BCUT2D eigenvalue weighted by atomic mass is 9.69. The van der Waals surface area contributed by atoms with Gasteiger partial charge in [-0.3, -0.25) is 58.0 Å². The highest BCUT2D eigenvalue weighted by Gasteiger charge is 2.61. The molecule has 5 N–H and O–H groups in total. The van der Waals surface area contributed by atoms with Crippen LogP contribution < -0.4 is 26.6 Å². The van der Waals surface area contributed by atoms with Crippen molar-refractivity contribution in [1.82, 2.24) is 65.8 Å². The maximum atomic E-state index is 14.8. The number of fused-ring (bicyclic) bond motifs is 4. The van der Waals surface area contributed by atoms with Crippen LogP contribution >= 0.6 is 0 Å². The SMILES string of the molecule is CC[C@@H](C)C(=O)NC(C(=O)N1CCC[C@H]1CN(CCCCN(C[C@@H]1CCCN1C(=O)[C@@H](NC(=O)[C@H](C)NC)C1CCCCC1)C1CCc2ccccc21)C1CCc2ccccc21)C1CCCCC1.CC[C@@H](C)C(=O)N[C@H](C(=O)N1CC[C@@]2(C)C[C@@H](OCCO[C@H]3CN(CCc4ccccc4)C[C@@]4(C)N(C(=O)[C@@H](CC(=O)[C@H](C)NC)C(C)C)CC[C@@]4(C)C3)CN(CCc3ccccc3)C[C@@]12C)C(C)C. The standard InChI is InChI=1S/C58H92N6O6.C57H87N7O4/c1-13-43(6)52(66)60-51(42(4)5)54(68)64-31-27-56(9)36-48(38-62(40-58(56,64)11)29-25-46-22-18-15-19-23-46)70-33-32-69-47-35-55(8)26-30-63(53(67)49(41(2)3)34-50(65)44(7)59-12)57(55,10)39-61(37-47)28-24-45-20-16-14-17-21-45;1-5-40(2)54(65)59-52(44-22-8-6-9-23-44)56(67)63-36-18-26-46(63)38-61(50-32-30-42-20-12-14-28-48(42)50)34-16-17-35-62(51-33-31-43-21-13-15-29-49(43)51)39-47-27-19-37-64(47)57(68)53(45-24-10-7-11-25-45)60-55(66)41(3)58-4/h14-23,41-44,47-49,51,59H,13,24-40H2,1-12H3,(H,60,66);12-15,20-21,28-29,40-41,44-47,50-53,58H,5-11,16-19,22-27,30-39H2,1-4H3,(H,59,65)(H,60,66)/t43-,44+,47-,48-,49+,51+,55+,56+,57-,58-;40-,41+,46+,47+,50?,51?,52?,53+/m11/s1. The van der Waals surface area contributed by atoms with Gasteiger partial charge in [-0.05, 0) is 264 Å². The summed E-state index contributed by atoms with van der Waals surface area (Å²) >= 11 is 0. The van der Waals surface area contributed by atoms with E-state index in [4.69, 9.17) is 9.47 Å². The molecule has 4 aromatic carbocycles. The number of ether oxygens (including phenoxy) is 2. The van der Waals surface area contributed by atoms with Crippen molar-refractivity contribution in [2.24, 2.45) is 52.3 Å². The number of likely N-dealkylation sites (tertiary alicyclic amines) is 6. The molecule has 18 atom stereocenters. The molecule has 23 heteroatoms. The van der Waals surface area contributed by atoms with Crippen LogP contribution in [-0.4, -0.2) is 271 Å². The third-order valence-corrected chi connectivity index (χ3v) is 35.8. The number of rotatable bonds is 43. The first-order chi connectivity index (χ1) is 66.3. The highest BCUT2D eigenvalue weighted by molar-refractivity contribution is 5.92. The zero-order valence-corrected chi connectivity index (χ0v) is 87.8. The molecule has 764 valence electrons. The smallest absolute Gasteiger partial charge is 0.245 e. The van der Waals surface area contributed by atoms with Gasteiger partial charge < -0.3 is 55.7 Å². The van der Waals surface area contributed by atoms with Crippen molar-refractivity contribution in [2.75, 3.05) is 119 Å². The minimum absolute atomic E-state index is 0.0170. The Morgan fingerprint density at radius 1 is 0.449 bits per heavy atom. The summed E-state index contributed by atoms with van der Waals surface area (Å²) in [6, 6.07) is 38.0. The summed E-state index contributed by atoms with van der Waals surface area (Å²) in [4.78, 5) is 131. The molecule has 0 aromatic heterocycles. The van der Waals surface area contributed by atoms with Gasteiger partial charge in [0.15, 0.2) is 0 Å². The lowest BCUT2D eigenvalue weighted by Crippen LogP contribution is -2.62. The molecule has 6 heterocycles. The number of aryl methyl sites for hydroxylation is 2. The molecule has 0 bridgehead atoms. The molecular weight excluding hydrogens is 1720 g/mol. The van der Waals surface area contributed by atoms with Crippen LogP contribution in [0.4, 0.5) is 0 Å². The number of carbonyl (C=O) groups is 8. The van der Waals surface area contributed by atoms with Crippen LogP contribution in [0, 0.1) is 52.3 Å². The van der Waals surface area contributed by atoms with E-state index in [-0.39, 0.29) is 142 Å². The first-order valence-corrected chi connectivity index (χ1v) is 54.7. The monoisotopic (exact) mass is 1900 g/mol. The average molecular weight is 1900 g/mol. The summed E-state index contributed by atoms with van der Waals surface area (Å²) in [7, 11) is 3.60. The molecule has 4 aromatic rings. The van der Waals surface area contributed by atoms with Gasteiger partial charge >= 0.3 is 0 Å². The van der Waals surface area contributed by atoms with Gasteiger partial charge in [-0.15, -0.1) is 0 Å². The molecule has 2 saturated carbocycles. The second kappa shape index (κ2) is 50.2. The average Bonchev–Trinajstić information content (AvgIpc) is 1.58. The number of Topliss-reactive ketones (excluding diaryl/α,β-unsaturated/α-hetero) is 1. The van der Waals surface area contributed by atoms with Crippen molar-refractivity contribution in [1.29, 1.82) is 0 Å². The maximum Gasteiger partial charge on any atom is 0.245 e. The highest BCUT2D eigenvalue weighted by Crippen LogP contribution is 2.54. The number of carbonyl (C=O) groups excluding carboxylic acids is 8. The lowest BCUT2D eigenvalue weighted by molar-refractivity contribution is -0.146. The summed E-state index contributed by atoms with van der Waals surface area (Å²) in [5, 5.41) is 15.9. The zero-order valence-electron chi connectivity index (χ0n) is 87.8. The summed E-state index contributed by atoms with van der Waals surface area (Å²) in [5.41, 5.74) is 7.04. The molecule has 0 radical (unpaired) electrons. The minimum Gasteiger partial charge on any atom is -0.374 e. The minimum atomic E-state index is -0.586. The molecule has 138 heavy (non-hydrogen) atoms. The van der Waals surface area contributed by atoms with Gasteiger partial charge in [-0.2, -0.15) is 0 Å². The second-order valence-electron chi connectivity index (χ2n) is 45.5. The van der Waals surface area contributed by atoms with Crippen molar-refractivity contribution < 1.29 is 47.8 Å². The molecule has 10 aliphatic rings. The van der Waals surface area contributed by atoms with E-state index in [1.807, 2.05) is 48.5 Å². The second-order valence-corrected chi connectivity index (χ2v) is 45.5. The Morgan fingerprint density at radius 3 is 1.28 bits per heavy atom. The molecule has 8 fully saturated rings. The number of likely N-dealkylation sites (N-methyl/N-ethyl adjacent to an activating group) is 2. The van der Waals surface area contributed by atoms with E-state index in [9.17, 15) is 38.4 Å². The van der Waals surface area contributed by atoms with Gasteiger partial charge in [0.05, 0.1) is 48.6 Å². The first kappa shape index (κ1) is 108. The third-order valence-electron chi connectivity index (χ3n) is 35.8. The van der Waals surface area contributed by atoms with Crippen LogP contribution in [0.5, 0.6) is 0 Å². The zero-order chi connectivity index (χ0) is 98.6. The van der Waals surface area contributed by atoms with E-state index in [1.54, 1.807) is 14.1 Å². The third kappa shape index (κ3) is 26.2. The number of amides is 7. The van der Waals surface area contributed by atoms with Gasteiger partial charge in [-0.25, -0.2) is 0 Å². The largest absolute Gasteiger partial charge is 0.374 e. The normalized spacial score (nSPS) is 27.2. The molecule has 0 spiro atoms. The van der Waals surface area contributed by atoms with Crippen LogP contribution in [0.2, 0.25) is 0 Å². The van der Waals surface area contributed by atoms with Gasteiger partial charge in [0, 0.05) is 127 Å². The molecule has 3 unspecified atom stereocenters. The Bertz CT molecular complexity index is 4300. The molecule has 23 nitrogen and oxygen atoms in total. The van der Waals surface area contributed by atoms with Crippen molar-refractivity contribution in [3.63, 3.8) is 0 Å². The maximum absolute atomic E-state index is 14.8. The number of hydrogen-bond acceptors (Lipinski definition) is 16. The van der Waals surface area contributed by atoms with Crippen LogP contribution in [0.25, 0.3) is 0 Å². The Hall–Kier alpha value is -7.48. The van der Waals surface area contributed by atoms with Gasteiger partial charge in [0.1, 0.15) is 23.9 Å². The van der Waals surface area contributed by atoms with Crippen molar-refractivity contribution in [2.45, 2.75) is 361 Å². The predicted octanol–water partition coefficient (Wildman–Crippen LogP) is 16.2. The van der Waals surface area contributed by atoms with Crippen molar-refractivity contribution in [3.05, 3.63) is 143 Å². The summed E-state index contributed by atoms with van der Waals surface area (Å²) < 4.78 is 13.9. The Balaban J connectivity index is 0.000000233. The number of ketones is 1. The molecule has 4 aliphatic carbocycles. The fourth-order valence-corrected chi connectivity index (χ4v) is 25.7. The molecule has 6 aliphatic heterocycles. The summed E-state index contributed by atoms with van der Waals surface area (Å²) in [6.45, 7) is 41.2. The molecule has 6 saturated heterocycles. The quantitative estimate of drug-likeness (QED) is 0.0259. The summed E-state index contributed by atoms with van der Waals surface area (Å²) in [6.07, 6.45) is 28.1. The van der Waals surface area contributed by atoms with E-state index in [2.05, 4.69) is 223 Å². The number of unbranched alkanes of at least 4 members (excludes halogenated alkanes) is 1. The lowest BCUT2D eigenvalue weighted by Gasteiger charge is -2.47. The van der Waals surface area contributed by atoms with Crippen LogP contribution in [-0.2, 0) is 73.5 Å². The van der Waals surface area contributed by atoms with Crippen molar-refractivity contribution >= 4 is 47.1 Å². The van der Waals surface area contributed by atoms with Gasteiger partial charge in [-0.1, -0.05) is 217 Å². The fourth-order valence-electron chi connectivity index (χ4n) is 25.7. The van der Waals surface area contributed by atoms with Crippen molar-refractivity contribution in [3.8, 4) is 0 Å². The van der Waals surface area contributed by atoms with Crippen LogP contribution in [0.3, 0.4) is 0 Å². The molecule has 7 amide bonds. The van der Waals surface area contributed by atoms with Gasteiger partial charge in [0.25, 0.3) is 0 Å². The van der Waals surface area contributed by atoms with Crippen LogP contribution in [0.1, 0.15) is 303 Å². The topological polar surface area (TPSA) is 241 Å². The number of benzene rings is 4. The van der Waals surface area contributed by atoms with Crippen LogP contribution in [0.15, 0.2) is 109 Å². The van der Waals surface area contributed by atoms with E-state index < -0.39 is 29.2 Å². The highest BCUT2D eigenvalue weighted by atomic mass is 16.5. The fraction of sp³-hybridized carbons (Fsp3) is 0.722. The Labute approximate surface area is 830 Å². The molecular formula is C115H179N13O10. The Morgan fingerprint density at radius 2 is 0.862 bits per heavy atom. The van der Waals surface area contributed by atoms with E-state index >= 15 is 0 Å². The predicted molar refractivity (Wildman–Crippen MR) is 552 cm³/mol. The van der Waals surface area contributed by atoms with E-state index in [0.717, 1.165) is 245 Å². The summed E-state index contributed by atoms with van der Waals surface area (Å²) in [5.74, 6) is 0.0700. The number of hydrogen-bond donors (Lipinski definition) is 5. The van der Waals surface area contributed by atoms with Gasteiger partial charge in [0.2, 0.25) is 41.4 Å².